The summed E-state index contributed by atoms with van der Waals surface area (Å²) in [6.45, 7) is 4.22. The van der Waals surface area contributed by atoms with E-state index in [2.05, 4.69) is 5.32 Å². The van der Waals surface area contributed by atoms with Gasteiger partial charge in [0.05, 0.1) is 0 Å². The lowest BCUT2D eigenvalue weighted by Crippen LogP contribution is -2.55. The molecule has 0 bridgehead atoms. The van der Waals surface area contributed by atoms with Gasteiger partial charge in [-0.3, -0.25) is 4.79 Å². The van der Waals surface area contributed by atoms with Crippen LogP contribution in [0.15, 0.2) is 0 Å². The van der Waals surface area contributed by atoms with Crippen molar-refractivity contribution in [2.75, 3.05) is 26.2 Å². The van der Waals surface area contributed by atoms with Crippen molar-refractivity contribution < 1.29 is 18.3 Å². The van der Waals surface area contributed by atoms with Crippen LogP contribution in [0, 0.1) is 0 Å². The second kappa shape index (κ2) is 4.07. The van der Waals surface area contributed by atoms with Crippen LogP contribution in [0.2, 0.25) is 0 Å². The van der Waals surface area contributed by atoms with Crippen LogP contribution in [0.4, 0.5) is 0 Å². The molecule has 0 unspecified atom stereocenters. The molecule has 0 aromatic rings. The van der Waals surface area contributed by atoms with E-state index in [1.54, 1.807) is 0 Å². The van der Waals surface area contributed by atoms with Crippen LogP contribution in [0.5, 0.6) is 0 Å². The van der Waals surface area contributed by atoms with Gasteiger partial charge in [0.25, 0.3) is 0 Å². The summed E-state index contributed by atoms with van der Waals surface area (Å²) in [5.74, 6) is -1.32. The minimum Gasteiger partial charge on any atom is -0.480 e. The molecule has 1 rings (SSSR count). The van der Waals surface area contributed by atoms with E-state index < -0.39 is 20.7 Å². The summed E-state index contributed by atoms with van der Waals surface area (Å²) >= 11 is 0. The van der Waals surface area contributed by atoms with Crippen LogP contribution in [0.3, 0.4) is 0 Å². The normalized spacial score (nSPS) is 20.1. The highest BCUT2D eigenvalue weighted by molar-refractivity contribution is 7.91. The lowest BCUT2D eigenvalue weighted by atomic mass is 10.2. The second-order valence-electron chi connectivity index (χ2n) is 3.97. The van der Waals surface area contributed by atoms with E-state index in [0.717, 1.165) is 0 Å². The first kappa shape index (κ1) is 12.4. The molecule has 1 saturated heterocycles. The largest absolute Gasteiger partial charge is 0.480 e. The zero-order chi connectivity index (χ0) is 11.7. The number of carboxylic acids is 1. The van der Waals surface area contributed by atoms with Crippen LogP contribution in [0.1, 0.15) is 13.8 Å². The standard InChI is InChI=1S/C8H16N2O4S/c1-8(2,7(11)12)15(13,14)10-5-3-9-4-6-10/h9H,3-6H2,1-2H3,(H,11,12). The third-order valence-corrected chi connectivity index (χ3v) is 5.09. The summed E-state index contributed by atoms with van der Waals surface area (Å²) in [7, 11) is -3.77. The van der Waals surface area contributed by atoms with Crippen LogP contribution in [0.25, 0.3) is 0 Å². The van der Waals surface area contributed by atoms with Crippen LogP contribution < -0.4 is 5.32 Å². The molecular formula is C8H16N2O4S. The number of aliphatic carboxylic acids is 1. The van der Waals surface area contributed by atoms with Gasteiger partial charge < -0.3 is 10.4 Å². The number of nitrogens with one attached hydrogen (secondary N) is 1. The Hall–Kier alpha value is -0.660. The molecule has 0 spiro atoms. The molecule has 88 valence electrons. The van der Waals surface area contributed by atoms with E-state index in [1.165, 1.54) is 18.2 Å². The van der Waals surface area contributed by atoms with Crippen molar-refractivity contribution in [2.24, 2.45) is 0 Å². The van der Waals surface area contributed by atoms with Crippen molar-refractivity contribution in [1.29, 1.82) is 0 Å². The fourth-order valence-corrected chi connectivity index (χ4v) is 2.85. The predicted molar refractivity (Wildman–Crippen MR) is 55.1 cm³/mol. The Balaban J connectivity index is 2.95. The van der Waals surface area contributed by atoms with Crippen molar-refractivity contribution in [2.45, 2.75) is 18.6 Å². The Morgan fingerprint density at radius 1 is 1.33 bits per heavy atom. The van der Waals surface area contributed by atoms with Gasteiger partial charge in [-0.05, 0) is 13.8 Å². The zero-order valence-corrected chi connectivity index (χ0v) is 9.67. The summed E-state index contributed by atoms with van der Waals surface area (Å²) in [6, 6.07) is 0. The molecule has 7 heteroatoms. The quantitative estimate of drug-likeness (QED) is 0.662. The summed E-state index contributed by atoms with van der Waals surface area (Å²) in [6.07, 6.45) is 0. The molecule has 1 aliphatic heterocycles. The maximum absolute atomic E-state index is 12.0. The van der Waals surface area contributed by atoms with Crippen LogP contribution in [-0.4, -0.2) is 54.7 Å². The molecule has 0 amide bonds. The third kappa shape index (κ3) is 2.14. The minimum atomic E-state index is -3.77. The Morgan fingerprint density at radius 3 is 2.20 bits per heavy atom. The summed E-state index contributed by atoms with van der Waals surface area (Å²) < 4.78 is 23.4. The van der Waals surface area contributed by atoms with Crippen molar-refractivity contribution in [3.8, 4) is 0 Å². The van der Waals surface area contributed by atoms with E-state index >= 15 is 0 Å². The monoisotopic (exact) mass is 236 g/mol. The number of piperazine rings is 1. The average Bonchev–Trinajstić information content (AvgIpc) is 2.18. The molecule has 2 N–H and O–H groups in total. The number of carboxylic acid groups (broad SMARTS) is 1. The van der Waals surface area contributed by atoms with Crippen LogP contribution >= 0.6 is 0 Å². The van der Waals surface area contributed by atoms with Crippen molar-refractivity contribution >= 4 is 16.0 Å². The number of hydrogen-bond acceptors (Lipinski definition) is 4. The summed E-state index contributed by atoms with van der Waals surface area (Å²) in [5.41, 5.74) is 0. The fraction of sp³-hybridized carbons (Fsp3) is 0.875. The molecule has 0 radical (unpaired) electrons. The van der Waals surface area contributed by atoms with Gasteiger partial charge in [0.15, 0.2) is 4.75 Å². The molecule has 0 aromatic heterocycles. The molecule has 1 aliphatic rings. The summed E-state index contributed by atoms with van der Waals surface area (Å²) in [4.78, 5) is 10.9. The lowest BCUT2D eigenvalue weighted by molar-refractivity contribution is -0.139. The molecule has 6 nitrogen and oxygen atoms in total. The first-order valence-electron chi connectivity index (χ1n) is 4.74. The molecule has 0 aromatic carbocycles. The van der Waals surface area contributed by atoms with E-state index in [9.17, 15) is 13.2 Å². The maximum Gasteiger partial charge on any atom is 0.325 e. The number of sulfonamides is 1. The highest BCUT2D eigenvalue weighted by Gasteiger charge is 2.45. The average molecular weight is 236 g/mol. The molecule has 0 atom stereocenters. The van der Waals surface area contributed by atoms with E-state index in [0.29, 0.717) is 26.2 Å². The number of hydrogen-bond donors (Lipinski definition) is 2. The molecule has 0 saturated carbocycles. The Bertz CT molecular complexity index is 344. The zero-order valence-electron chi connectivity index (χ0n) is 8.86. The highest BCUT2D eigenvalue weighted by atomic mass is 32.2. The van der Waals surface area contributed by atoms with Crippen molar-refractivity contribution in [3.63, 3.8) is 0 Å². The summed E-state index contributed by atoms with van der Waals surface area (Å²) in [5, 5.41) is 11.9. The third-order valence-electron chi connectivity index (χ3n) is 2.58. The lowest BCUT2D eigenvalue weighted by Gasteiger charge is -2.32. The molecule has 1 heterocycles. The minimum absolute atomic E-state index is 0.332. The number of rotatable bonds is 3. The first-order valence-corrected chi connectivity index (χ1v) is 6.18. The SMILES string of the molecule is CC(C)(C(=O)O)S(=O)(=O)N1CCNCC1. The predicted octanol–water partition coefficient (Wildman–Crippen LogP) is -0.915. The Labute approximate surface area is 89.3 Å². The Morgan fingerprint density at radius 2 is 1.80 bits per heavy atom. The highest BCUT2D eigenvalue weighted by Crippen LogP contribution is 2.21. The Kier molecular flexibility index (Phi) is 3.37. The van der Waals surface area contributed by atoms with Gasteiger partial charge >= 0.3 is 5.97 Å². The topological polar surface area (TPSA) is 86.7 Å². The smallest absolute Gasteiger partial charge is 0.325 e. The van der Waals surface area contributed by atoms with Crippen molar-refractivity contribution in [3.05, 3.63) is 0 Å². The molecule has 0 aliphatic carbocycles. The molecular weight excluding hydrogens is 220 g/mol. The van der Waals surface area contributed by atoms with Gasteiger partial charge in [-0.25, -0.2) is 8.42 Å². The van der Waals surface area contributed by atoms with Gasteiger partial charge in [-0.2, -0.15) is 4.31 Å². The van der Waals surface area contributed by atoms with Gasteiger partial charge in [0.2, 0.25) is 10.0 Å². The van der Waals surface area contributed by atoms with Gasteiger partial charge in [0, 0.05) is 26.2 Å². The first-order chi connectivity index (χ1) is 6.80. The van der Waals surface area contributed by atoms with Gasteiger partial charge in [-0.1, -0.05) is 0 Å². The molecule has 15 heavy (non-hydrogen) atoms. The van der Waals surface area contributed by atoms with E-state index in [-0.39, 0.29) is 0 Å². The molecule has 1 fully saturated rings. The number of carbonyl (C=O) groups is 1. The fourth-order valence-electron chi connectivity index (χ4n) is 1.32. The van der Waals surface area contributed by atoms with Crippen molar-refractivity contribution in [1.82, 2.24) is 9.62 Å². The van der Waals surface area contributed by atoms with Gasteiger partial charge in [-0.15, -0.1) is 0 Å². The van der Waals surface area contributed by atoms with Gasteiger partial charge in [0.1, 0.15) is 0 Å². The van der Waals surface area contributed by atoms with Crippen LogP contribution in [-0.2, 0) is 14.8 Å². The second-order valence-corrected chi connectivity index (χ2v) is 6.46. The van der Waals surface area contributed by atoms with E-state index in [4.69, 9.17) is 5.11 Å². The van der Waals surface area contributed by atoms with E-state index in [1.807, 2.05) is 0 Å². The maximum atomic E-state index is 12.0. The number of nitrogens with zero attached hydrogens (tertiary/aromatic N) is 1.